The lowest BCUT2D eigenvalue weighted by Crippen LogP contribution is -2.15. The average Bonchev–Trinajstić information content (AvgIpc) is 2.99. The number of carbonyl (C=O) groups is 3. The lowest BCUT2D eigenvalue weighted by molar-refractivity contribution is 0.0468. The normalized spacial score (nSPS) is 10.3. The fourth-order valence-electron chi connectivity index (χ4n) is 2.76. The van der Waals surface area contributed by atoms with E-state index in [9.17, 15) is 14.4 Å². The predicted octanol–water partition coefficient (Wildman–Crippen LogP) is 2.87. The third-order valence-electron chi connectivity index (χ3n) is 4.16. The van der Waals surface area contributed by atoms with Crippen molar-refractivity contribution in [3.05, 3.63) is 46.3 Å². The van der Waals surface area contributed by atoms with Crippen LogP contribution in [0.4, 0.5) is 0 Å². The minimum Gasteiger partial charge on any atom is -0.493 e. The first-order chi connectivity index (χ1) is 13.3. The number of rotatable bonds is 8. The van der Waals surface area contributed by atoms with E-state index in [1.807, 2.05) is 0 Å². The van der Waals surface area contributed by atoms with E-state index in [1.165, 1.54) is 20.3 Å². The topological polar surface area (TPSA) is 104 Å². The van der Waals surface area contributed by atoms with Gasteiger partial charge in [0.05, 0.1) is 26.4 Å². The monoisotopic (exact) mass is 389 g/mol. The molecule has 1 heterocycles. The molecule has 0 radical (unpaired) electrons. The van der Waals surface area contributed by atoms with Gasteiger partial charge >= 0.3 is 11.9 Å². The molecule has 0 spiro atoms. The number of Topliss-reactive ketones (excluding diaryl/α,β-unsaturated/α-hetero) is 1. The van der Waals surface area contributed by atoms with E-state index in [2.05, 4.69) is 4.98 Å². The van der Waals surface area contributed by atoms with Crippen molar-refractivity contribution >= 4 is 17.7 Å². The molecule has 1 aromatic carbocycles. The molecule has 8 nitrogen and oxygen atoms in total. The van der Waals surface area contributed by atoms with Crippen LogP contribution >= 0.6 is 0 Å². The maximum absolute atomic E-state index is 12.4. The number of aromatic amines is 1. The van der Waals surface area contributed by atoms with Gasteiger partial charge in [-0.25, -0.2) is 9.59 Å². The highest BCUT2D eigenvalue weighted by Crippen LogP contribution is 2.27. The van der Waals surface area contributed by atoms with E-state index in [-0.39, 0.29) is 12.3 Å². The number of ether oxygens (including phenoxy) is 4. The van der Waals surface area contributed by atoms with Gasteiger partial charge in [0.15, 0.2) is 23.9 Å². The maximum atomic E-state index is 12.4. The second-order valence-corrected chi connectivity index (χ2v) is 5.91. The van der Waals surface area contributed by atoms with Gasteiger partial charge in [-0.2, -0.15) is 0 Å². The Morgan fingerprint density at radius 3 is 2.25 bits per heavy atom. The summed E-state index contributed by atoms with van der Waals surface area (Å²) in [6.07, 6.45) is 0. The molecule has 0 aliphatic carbocycles. The van der Waals surface area contributed by atoms with Crippen LogP contribution in [0.1, 0.15) is 49.4 Å². The number of esters is 2. The van der Waals surface area contributed by atoms with Gasteiger partial charge in [-0.1, -0.05) is 0 Å². The molecule has 2 aromatic rings. The van der Waals surface area contributed by atoms with Crippen molar-refractivity contribution in [2.45, 2.75) is 20.8 Å². The Morgan fingerprint density at radius 1 is 0.964 bits per heavy atom. The number of aromatic nitrogens is 1. The highest BCUT2D eigenvalue weighted by Gasteiger charge is 2.24. The lowest BCUT2D eigenvalue weighted by atomic mass is 10.1. The quantitative estimate of drug-likeness (QED) is 0.547. The third-order valence-corrected chi connectivity index (χ3v) is 4.16. The van der Waals surface area contributed by atoms with Crippen LogP contribution in [0.3, 0.4) is 0 Å². The number of carbonyl (C=O) groups excluding carboxylic acids is 3. The van der Waals surface area contributed by atoms with Crippen LogP contribution in [0, 0.1) is 13.8 Å². The zero-order chi connectivity index (χ0) is 20.8. The van der Waals surface area contributed by atoms with E-state index in [4.69, 9.17) is 18.9 Å². The highest BCUT2D eigenvalue weighted by molar-refractivity contribution is 6.01. The van der Waals surface area contributed by atoms with E-state index >= 15 is 0 Å². The molecule has 0 amide bonds. The van der Waals surface area contributed by atoms with Crippen molar-refractivity contribution in [2.24, 2.45) is 0 Å². The van der Waals surface area contributed by atoms with Gasteiger partial charge in [0.2, 0.25) is 0 Å². The summed E-state index contributed by atoms with van der Waals surface area (Å²) in [5.74, 6) is -0.769. The van der Waals surface area contributed by atoms with E-state index < -0.39 is 24.3 Å². The molecular weight excluding hydrogens is 366 g/mol. The van der Waals surface area contributed by atoms with Crippen LogP contribution in [-0.4, -0.2) is 50.1 Å². The molecule has 0 unspecified atom stereocenters. The number of aryl methyl sites for hydroxylation is 1. The first kappa shape index (κ1) is 21.0. The molecule has 1 aromatic heterocycles. The summed E-state index contributed by atoms with van der Waals surface area (Å²) in [5, 5.41) is 0. The van der Waals surface area contributed by atoms with Gasteiger partial charge in [0.25, 0.3) is 0 Å². The Hall–Kier alpha value is -3.29. The molecule has 0 fully saturated rings. The molecule has 2 rings (SSSR count). The van der Waals surface area contributed by atoms with Gasteiger partial charge in [-0.15, -0.1) is 0 Å². The van der Waals surface area contributed by atoms with Crippen molar-refractivity contribution in [2.75, 3.05) is 27.4 Å². The molecule has 0 saturated carbocycles. The summed E-state index contributed by atoms with van der Waals surface area (Å²) in [4.78, 5) is 39.6. The van der Waals surface area contributed by atoms with Crippen LogP contribution in [0.2, 0.25) is 0 Å². The zero-order valence-corrected chi connectivity index (χ0v) is 16.5. The zero-order valence-electron chi connectivity index (χ0n) is 16.5. The minimum atomic E-state index is -0.732. The van der Waals surface area contributed by atoms with Gasteiger partial charge in [0, 0.05) is 11.3 Å². The van der Waals surface area contributed by atoms with E-state index in [0.29, 0.717) is 33.9 Å². The standard InChI is InChI=1S/C20H23NO7/c1-6-27-19(23)17-11(2)18(21-12(17)3)20(24)28-10-14(22)13-7-8-15(25-4)16(9-13)26-5/h7-9,21H,6,10H2,1-5H3. The van der Waals surface area contributed by atoms with Crippen LogP contribution in [0.25, 0.3) is 0 Å². The molecule has 0 bridgehead atoms. The average molecular weight is 389 g/mol. The Bertz CT molecular complexity index is 898. The lowest BCUT2D eigenvalue weighted by Gasteiger charge is -2.09. The SMILES string of the molecule is CCOC(=O)c1c(C)[nH]c(C(=O)OCC(=O)c2ccc(OC)c(OC)c2)c1C. The first-order valence-electron chi connectivity index (χ1n) is 8.62. The number of H-pyrrole nitrogens is 1. The number of ketones is 1. The van der Waals surface area contributed by atoms with Crippen LogP contribution < -0.4 is 9.47 Å². The minimum absolute atomic E-state index is 0.112. The number of methoxy groups -OCH3 is 2. The fraction of sp³-hybridized carbons (Fsp3) is 0.350. The Balaban J connectivity index is 2.11. The summed E-state index contributed by atoms with van der Waals surface area (Å²) in [6, 6.07) is 4.66. The van der Waals surface area contributed by atoms with Crippen molar-refractivity contribution < 1.29 is 33.3 Å². The molecule has 28 heavy (non-hydrogen) atoms. The van der Waals surface area contributed by atoms with Gasteiger partial charge in [0.1, 0.15) is 5.69 Å². The second-order valence-electron chi connectivity index (χ2n) is 5.91. The van der Waals surface area contributed by atoms with Crippen molar-refractivity contribution in [1.82, 2.24) is 4.98 Å². The number of hydrogen-bond donors (Lipinski definition) is 1. The second kappa shape index (κ2) is 9.07. The Kier molecular flexibility index (Phi) is 6.81. The molecule has 8 heteroatoms. The van der Waals surface area contributed by atoms with Gasteiger partial charge < -0.3 is 23.9 Å². The first-order valence-corrected chi connectivity index (χ1v) is 8.62. The number of nitrogens with one attached hydrogen (secondary N) is 1. The Morgan fingerprint density at radius 2 is 1.64 bits per heavy atom. The summed E-state index contributed by atoms with van der Waals surface area (Å²) >= 11 is 0. The van der Waals surface area contributed by atoms with Crippen LogP contribution in [-0.2, 0) is 9.47 Å². The summed E-state index contributed by atoms with van der Waals surface area (Å²) in [5.41, 5.74) is 1.63. The molecule has 0 aliphatic heterocycles. The Labute approximate surface area is 162 Å². The van der Waals surface area contributed by atoms with E-state index in [1.54, 1.807) is 32.9 Å². The summed E-state index contributed by atoms with van der Waals surface area (Å²) < 4.78 is 20.4. The largest absolute Gasteiger partial charge is 0.493 e. The van der Waals surface area contributed by atoms with Crippen molar-refractivity contribution in [3.63, 3.8) is 0 Å². The highest BCUT2D eigenvalue weighted by atomic mass is 16.5. The maximum Gasteiger partial charge on any atom is 0.355 e. The molecule has 150 valence electrons. The van der Waals surface area contributed by atoms with Crippen LogP contribution in [0.15, 0.2) is 18.2 Å². The van der Waals surface area contributed by atoms with Gasteiger partial charge in [-0.3, -0.25) is 4.79 Å². The third kappa shape index (κ3) is 4.33. The molecule has 0 aliphatic rings. The van der Waals surface area contributed by atoms with Crippen molar-refractivity contribution in [3.8, 4) is 11.5 Å². The summed E-state index contributed by atoms with van der Waals surface area (Å²) in [7, 11) is 2.95. The molecular formula is C20H23NO7. The number of hydrogen-bond acceptors (Lipinski definition) is 7. The number of benzene rings is 1. The summed E-state index contributed by atoms with van der Waals surface area (Å²) in [6.45, 7) is 4.74. The molecule has 1 N–H and O–H groups in total. The smallest absolute Gasteiger partial charge is 0.355 e. The van der Waals surface area contributed by atoms with Crippen molar-refractivity contribution in [1.29, 1.82) is 0 Å². The predicted molar refractivity (Wildman–Crippen MR) is 100 cm³/mol. The molecule has 0 atom stereocenters. The fourth-order valence-corrected chi connectivity index (χ4v) is 2.76. The molecule has 0 saturated heterocycles. The van der Waals surface area contributed by atoms with Gasteiger partial charge in [-0.05, 0) is 44.5 Å². The van der Waals surface area contributed by atoms with Crippen LogP contribution in [0.5, 0.6) is 11.5 Å². The van der Waals surface area contributed by atoms with E-state index in [0.717, 1.165) is 0 Å².